The minimum Gasteiger partial charge on any atom is -0.494 e. The predicted molar refractivity (Wildman–Crippen MR) is 89.2 cm³/mol. The molecule has 1 N–H and O–H groups in total. The van der Waals surface area contributed by atoms with E-state index in [1.807, 2.05) is 0 Å². The third-order valence-electron chi connectivity index (χ3n) is 5.76. The summed E-state index contributed by atoms with van der Waals surface area (Å²) >= 11 is 0. The third kappa shape index (κ3) is 3.08. The smallest absolute Gasteiger partial charge is 0.225 e. The quantitative estimate of drug-likeness (QED) is 0.857. The molecule has 7 nitrogen and oxygen atoms in total. The van der Waals surface area contributed by atoms with Gasteiger partial charge in [-0.15, -0.1) is 0 Å². The Kier molecular flexibility index (Phi) is 4.56. The number of aromatic nitrogens is 2. The Balaban J connectivity index is 1.42. The van der Waals surface area contributed by atoms with Crippen LogP contribution < -0.4 is 9.64 Å². The van der Waals surface area contributed by atoms with E-state index >= 15 is 0 Å². The number of aliphatic hydroxyl groups excluding tert-OH is 1. The zero-order valence-corrected chi connectivity index (χ0v) is 14.2. The number of fused-ring (bicyclic) bond motifs is 1. The molecule has 4 rings (SSSR count). The molecule has 1 aromatic rings. The van der Waals surface area contributed by atoms with E-state index in [4.69, 9.17) is 9.47 Å². The molecule has 1 aromatic heterocycles. The van der Waals surface area contributed by atoms with Crippen LogP contribution in [0.5, 0.6) is 5.75 Å². The van der Waals surface area contributed by atoms with Gasteiger partial charge in [0.05, 0.1) is 38.8 Å². The number of aliphatic hydroxyl groups is 1. The molecular formula is C17H26N4O3. The number of morpholine rings is 1. The molecule has 1 aliphatic carbocycles. The zero-order chi connectivity index (χ0) is 16.5. The summed E-state index contributed by atoms with van der Waals surface area (Å²) in [7, 11) is 1.62. The summed E-state index contributed by atoms with van der Waals surface area (Å²) in [4.78, 5) is 13.5. The van der Waals surface area contributed by atoms with Crippen LogP contribution in [0, 0.1) is 11.8 Å². The van der Waals surface area contributed by atoms with Crippen LogP contribution in [-0.4, -0.2) is 78.6 Å². The first-order chi connectivity index (χ1) is 11.7. The topological polar surface area (TPSA) is 71.0 Å². The summed E-state index contributed by atoms with van der Waals surface area (Å²) in [6.45, 7) is 5.34. The lowest BCUT2D eigenvalue weighted by Crippen LogP contribution is -2.53. The highest BCUT2D eigenvalue weighted by molar-refractivity contribution is 5.34. The fourth-order valence-electron chi connectivity index (χ4n) is 4.45. The molecule has 7 heteroatoms. The van der Waals surface area contributed by atoms with E-state index in [9.17, 15) is 5.11 Å². The average Bonchev–Trinajstić information content (AvgIpc) is 3.04. The zero-order valence-electron chi connectivity index (χ0n) is 14.2. The first-order valence-electron chi connectivity index (χ1n) is 8.85. The lowest BCUT2D eigenvalue weighted by atomic mass is 9.77. The molecule has 132 valence electrons. The van der Waals surface area contributed by atoms with Crippen molar-refractivity contribution in [1.29, 1.82) is 0 Å². The predicted octanol–water partition coefficient (Wildman–Crippen LogP) is 0.393. The van der Waals surface area contributed by atoms with Crippen LogP contribution in [0.1, 0.15) is 12.8 Å². The first-order valence-corrected chi connectivity index (χ1v) is 8.85. The van der Waals surface area contributed by atoms with Crippen LogP contribution in [0.4, 0.5) is 5.95 Å². The molecule has 3 heterocycles. The number of ether oxygens (including phenoxy) is 2. The lowest BCUT2D eigenvalue weighted by molar-refractivity contribution is -0.0520. The Hall–Kier alpha value is -1.44. The molecular weight excluding hydrogens is 308 g/mol. The number of anilines is 1. The van der Waals surface area contributed by atoms with E-state index < -0.39 is 0 Å². The Morgan fingerprint density at radius 1 is 1.12 bits per heavy atom. The highest BCUT2D eigenvalue weighted by Crippen LogP contribution is 2.39. The van der Waals surface area contributed by atoms with Crippen molar-refractivity contribution in [2.75, 3.05) is 51.4 Å². The number of rotatable bonds is 3. The highest BCUT2D eigenvalue weighted by atomic mass is 16.5. The summed E-state index contributed by atoms with van der Waals surface area (Å²) in [5.41, 5.74) is 0. The molecule has 3 fully saturated rings. The number of hydrogen-bond acceptors (Lipinski definition) is 7. The van der Waals surface area contributed by atoms with Gasteiger partial charge in [-0.3, -0.25) is 4.90 Å². The van der Waals surface area contributed by atoms with Crippen LogP contribution in [0.3, 0.4) is 0 Å². The number of nitrogens with zero attached hydrogens (tertiary/aromatic N) is 4. The fourth-order valence-corrected chi connectivity index (χ4v) is 4.45. The van der Waals surface area contributed by atoms with Crippen LogP contribution in [0.2, 0.25) is 0 Å². The maximum atomic E-state index is 10.6. The van der Waals surface area contributed by atoms with E-state index in [1.54, 1.807) is 19.5 Å². The van der Waals surface area contributed by atoms with Gasteiger partial charge < -0.3 is 19.5 Å². The lowest BCUT2D eigenvalue weighted by Gasteiger charge is -2.43. The Bertz CT molecular complexity index is 549. The van der Waals surface area contributed by atoms with Gasteiger partial charge in [0.15, 0.2) is 5.75 Å². The summed E-state index contributed by atoms with van der Waals surface area (Å²) < 4.78 is 10.6. The van der Waals surface area contributed by atoms with Crippen LogP contribution in [0.25, 0.3) is 0 Å². The van der Waals surface area contributed by atoms with Crippen molar-refractivity contribution >= 4 is 5.95 Å². The van der Waals surface area contributed by atoms with Gasteiger partial charge in [-0.05, 0) is 24.7 Å². The second-order valence-corrected chi connectivity index (χ2v) is 7.10. The maximum Gasteiger partial charge on any atom is 0.225 e. The summed E-state index contributed by atoms with van der Waals surface area (Å²) in [5.74, 6) is 2.58. The van der Waals surface area contributed by atoms with Crippen LogP contribution in [0.15, 0.2) is 12.4 Å². The Morgan fingerprint density at radius 2 is 1.79 bits per heavy atom. The molecule has 0 spiro atoms. The van der Waals surface area contributed by atoms with Crippen molar-refractivity contribution in [1.82, 2.24) is 14.9 Å². The van der Waals surface area contributed by atoms with E-state index in [1.165, 1.54) is 0 Å². The van der Waals surface area contributed by atoms with Gasteiger partial charge in [-0.25, -0.2) is 9.97 Å². The van der Waals surface area contributed by atoms with Crippen molar-refractivity contribution in [3.63, 3.8) is 0 Å². The van der Waals surface area contributed by atoms with Gasteiger partial charge >= 0.3 is 0 Å². The summed E-state index contributed by atoms with van der Waals surface area (Å²) in [5, 5.41) is 10.6. The molecule has 0 unspecified atom stereocenters. The van der Waals surface area contributed by atoms with Crippen molar-refractivity contribution in [2.24, 2.45) is 11.8 Å². The summed E-state index contributed by atoms with van der Waals surface area (Å²) in [6, 6.07) is 0.270. The maximum absolute atomic E-state index is 10.6. The van der Waals surface area contributed by atoms with Gasteiger partial charge in [-0.1, -0.05) is 0 Å². The largest absolute Gasteiger partial charge is 0.494 e. The van der Waals surface area contributed by atoms with Gasteiger partial charge in [-0.2, -0.15) is 0 Å². The van der Waals surface area contributed by atoms with E-state index in [-0.39, 0.29) is 12.1 Å². The molecule has 0 radical (unpaired) electrons. The minimum absolute atomic E-state index is 0.235. The third-order valence-corrected chi connectivity index (χ3v) is 5.76. The molecule has 0 bridgehead atoms. The number of hydrogen-bond donors (Lipinski definition) is 1. The highest BCUT2D eigenvalue weighted by Gasteiger charge is 2.44. The Morgan fingerprint density at radius 3 is 2.46 bits per heavy atom. The second kappa shape index (κ2) is 6.82. The van der Waals surface area contributed by atoms with Gasteiger partial charge in [0.1, 0.15) is 0 Å². The van der Waals surface area contributed by atoms with Crippen molar-refractivity contribution in [2.45, 2.75) is 25.0 Å². The monoisotopic (exact) mass is 334 g/mol. The second-order valence-electron chi connectivity index (χ2n) is 7.10. The Labute approximate surface area is 142 Å². The van der Waals surface area contributed by atoms with E-state index in [2.05, 4.69) is 19.8 Å². The average molecular weight is 334 g/mol. The van der Waals surface area contributed by atoms with Crippen molar-refractivity contribution in [3.05, 3.63) is 12.4 Å². The minimum atomic E-state index is -0.235. The van der Waals surface area contributed by atoms with Gasteiger partial charge in [0.25, 0.3) is 0 Å². The van der Waals surface area contributed by atoms with E-state index in [0.29, 0.717) is 17.6 Å². The molecule has 4 atom stereocenters. The molecule has 1 saturated carbocycles. The van der Waals surface area contributed by atoms with Crippen molar-refractivity contribution < 1.29 is 14.6 Å². The van der Waals surface area contributed by atoms with E-state index in [0.717, 1.165) is 58.2 Å². The summed E-state index contributed by atoms with van der Waals surface area (Å²) in [6.07, 6.45) is 5.13. The molecule has 24 heavy (non-hydrogen) atoms. The van der Waals surface area contributed by atoms with Crippen LogP contribution >= 0.6 is 0 Å². The van der Waals surface area contributed by atoms with Crippen LogP contribution in [-0.2, 0) is 4.74 Å². The van der Waals surface area contributed by atoms with Gasteiger partial charge in [0, 0.05) is 32.2 Å². The molecule has 3 aliphatic rings. The first kappa shape index (κ1) is 16.1. The molecule has 2 aliphatic heterocycles. The molecule has 2 saturated heterocycles. The standard InChI is InChI=1S/C17H26N4O3/c1-23-14-8-18-17(19-9-14)21-10-12-6-15(16(22)7-13(12)11-21)20-2-4-24-5-3-20/h8-9,12-13,15-16,22H,2-7,10-11H2,1H3/t12-,13+,15-,16-/m1/s1. The SMILES string of the molecule is COc1cnc(N2C[C@H]3C[C@@H](N4CCOCC4)[C@H](O)C[C@H]3C2)nc1. The van der Waals surface area contributed by atoms with Crippen molar-refractivity contribution in [3.8, 4) is 5.75 Å². The normalized spacial score (nSPS) is 34.2. The van der Waals surface area contributed by atoms with Gasteiger partial charge in [0.2, 0.25) is 5.95 Å². The fraction of sp³-hybridized carbons (Fsp3) is 0.765. The molecule has 0 amide bonds. The molecule has 0 aromatic carbocycles. The number of methoxy groups -OCH3 is 1.